The van der Waals surface area contributed by atoms with Crippen LogP contribution >= 0.6 is 11.3 Å². The second-order valence-corrected chi connectivity index (χ2v) is 9.67. The Labute approximate surface area is 163 Å². The zero-order valence-corrected chi connectivity index (χ0v) is 16.5. The molecule has 8 heteroatoms. The summed E-state index contributed by atoms with van der Waals surface area (Å²) in [5, 5.41) is 4.90. The van der Waals surface area contributed by atoms with E-state index in [2.05, 4.69) is 16.1 Å². The second kappa shape index (κ2) is 8.50. The van der Waals surface area contributed by atoms with E-state index in [1.54, 1.807) is 17.4 Å². The van der Waals surface area contributed by atoms with Crippen molar-refractivity contribution < 1.29 is 17.6 Å². The summed E-state index contributed by atoms with van der Waals surface area (Å²) in [5.41, 5.74) is 0.0311. The van der Waals surface area contributed by atoms with Crippen LogP contribution in [0.5, 0.6) is 0 Å². The average Bonchev–Trinajstić information content (AvgIpc) is 3.32. The van der Waals surface area contributed by atoms with Crippen LogP contribution in [0, 0.1) is 5.82 Å². The summed E-state index contributed by atoms with van der Waals surface area (Å²) < 4.78 is 40.1. The van der Waals surface area contributed by atoms with Crippen LogP contribution in [0.15, 0.2) is 41.8 Å². The fraction of sp³-hybridized carbons (Fsp3) is 0.421. The van der Waals surface area contributed by atoms with Gasteiger partial charge in [0.15, 0.2) is 0 Å². The van der Waals surface area contributed by atoms with E-state index in [-0.39, 0.29) is 23.4 Å². The first-order valence-electron chi connectivity index (χ1n) is 8.92. The normalized spacial score (nSPS) is 16.3. The number of nitrogens with one attached hydrogen (secondary N) is 2. The minimum atomic E-state index is -3.80. The van der Waals surface area contributed by atoms with Crippen molar-refractivity contribution in [3.63, 3.8) is 0 Å². The largest absolute Gasteiger partial charge is 0.354 e. The first-order chi connectivity index (χ1) is 12.9. The molecule has 0 bridgehead atoms. The van der Waals surface area contributed by atoms with Crippen LogP contribution in [0.2, 0.25) is 0 Å². The topological polar surface area (TPSA) is 75.3 Å². The molecule has 1 aromatic heterocycles. The van der Waals surface area contributed by atoms with Gasteiger partial charge in [-0.1, -0.05) is 37.1 Å². The monoisotopic (exact) mass is 410 g/mol. The van der Waals surface area contributed by atoms with E-state index in [1.165, 1.54) is 23.1 Å². The zero-order chi connectivity index (χ0) is 19.3. The number of benzene rings is 1. The first kappa shape index (κ1) is 20.0. The van der Waals surface area contributed by atoms with E-state index >= 15 is 0 Å². The number of thiophene rings is 1. The number of amides is 1. The predicted molar refractivity (Wildman–Crippen MR) is 105 cm³/mol. The Morgan fingerprint density at radius 3 is 2.56 bits per heavy atom. The molecule has 1 amide bonds. The standard InChI is InChI=1S/C19H23FN2O3S2/c20-16-7-2-1-6-15(16)13-27(24,25)22-12-18(23)21-14-19(9-3-4-10-19)17-8-5-11-26-17/h1-2,5-8,11,22H,3-4,9-10,12-14H2,(H,21,23). The molecule has 5 nitrogen and oxygen atoms in total. The van der Waals surface area contributed by atoms with E-state index in [0.717, 1.165) is 25.7 Å². The lowest BCUT2D eigenvalue weighted by molar-refractivity contribution is -0.120. The van der Waals surface area contributed by atoms with E-state index in [4.69, 9.17) is 0 Å². The van der Waals surface area contributed by atoms with Crippen LogP contribution in [0.25, 0.3) is 0 Å². The summed E-state index contributed by atoms with van der Waals surface area (Å²) in [6.07, 6.45) is 4.30. The summed E-state index contributed by atoms with van der Waals surface area (Å²) in [7, 11) is -3.80. The van der Waals surface area contributed by atoms with Crippen molar-refractivity contribution in [1.29, 1.82) is 0 Å². The molecule has 27 heavy (non-hydrogen) atoms. The highest BCUT2D eigenvalue weighted by Gasteiger charge is 2.36. The summed E-state index contributed by atoms with van der Waals surface area (Å²) in [6, 6.07) is 9.81. The third-order valence-electron chi connectivity index (χ3n) is 4.98. The van der Waals surface area contributed by atoms with Gasteiger partial charge in [-0.3, -0.25) is 4.79 Å². The Bertz CT molecular complexity index is 876. The molecule has 2 aromatic rings. The van der Waals surface area contributed by atoms with Crippen molar-refractivity contribution >= 4 is 27.3 Å². The van der Waals surface area contributed by atoms with Crippen LogP contribution in [0.4, 0.5) is 4.39 Å². The van der Waals surface area contributed by atoms with Gasteiger partial charge in [-0.05, 0) is 30.4 Å². The molecule has 3 rings (SSSR count). The van der Waals surface area contributed by atoms with Crippen molar-refractivity contribution in [2.24, 2.45) is 0 Å². The Morgan fingerprint density at radius 1 is 1.15 bits per heavy atom. The van der Waals surface area contributed by atoms with Crippen LogP contribution < -0.4 is 10.0 Å². The van der Waals surface area contributed by atoms with Crippen molar-refractivity contribution in [1.82, 2.24) is 10.0 Å². The Kier molecular flexibility index (Phi) is 6.29. The molecule has 146 valence electrons. The molecule has 1 aromatic carbocycles. The van der Waals surface area contributed by atoms with E-state index in [9.17, 15) is 17.6 Å². The number of hydrogen-bond acceptors (Lipinski definition) is 4. The van der Waals surface area contributed by atoms with Crippen LogP contribution in [0.1, 0.15) is 36.1 Å². The van der Waals surface area contributed by atoms with Gasteiger partial charge in [0.05, 0.1) is 12.3 Å². The highest BCUT2D eigenvalue weighted by molar-refractivity contribution is 7.88. The van der Waals surface area contributed by atoms with Crippen LogP contribution in [0.3, 0.4) is 0 Å². The fourth-order valence-corrected chi connectivity index (χ4v) is 5.60. The second-order valence-electron chi connectivity index (χ2n) is 6.91. The number of carbonyl (C=O) groups excluding carboxylic acids is 1. The predicted octanol–water partition coefficient (Wildman–Crippen LogP) is 2.93. The summed E-state index contributed by atoms with van der Waals surface area (Å²) >= 11 is 1.69. The van der Waals surface area contributed by atoms with Gasteiger partial charge in [0, 0.05) is 22.4 Å². The van der Waals surface area contributed by atoms with Crippen LogP contribution in [-0.4, -0.2) is 27.4 Å². The molecule has 1 heterocycles. The van der Waals surface area contributed by atoms with Crippen molar-refractivity contribution in [2.45, 2.75) is 36.9 Å². The molecule has 0 aliphatic heterocycles. The summed E-state index contributed by atoms with van der Waals surface area (Å²) in [6.45, 7) is 0.151. The maximum absolute atomic E-state index is 13.6. The third-order valence-corrected chi connectivity index (χ3v) is 7.38. The summed E-state index contributed by atoms with van der Waals surface area (Å²) in [5.74, 6) is -1.45. The molecule has 0 spiro atoms. The molecule has 1 aliphatic carbocycles. The lowest BCUT2D eigenvalue weighted by atomic mass is 9.84. The van der Waals surface area contributed by atoms with Gasteiger partial charge >= 0.3 is 0 Å². The summed E-state index contributed by atoms with van der Waals surface area (Å²) in [4.78, 5) is 13.4. The quantitative estimate of drug-likeness (QED) is 0.703. The molecular formula is C19H23FN2O3S2. The highest BCUT2D eigenvalue weighted by Crippen LogP contribution is 2.42. The number of sulfonamides is 1. The average molecular weight is 411 g/mol. The van der Waals surface area contributed by atoms with Gasteiger partial charge in [0.2, 0.25) is 15.9 Å². The molecule has 1 aliphatic rings. The van der Waals surface area contributed by atoms with Crippen molar-refractivity contribution in [2.75, 3.05) is 13.1 Å². The number of carbonyl (C=O) groups is 1. The molecule has 0 saturated heterocycles. The lowest BCUT2D eigenvalue weighted by Gasteiger charge is -2.28. The maximum atomic E-state index is 13.6. The van der Waals surface area contributed by atoms with Gasteiger partial charge in [0.1, 0.15) is 5.82 Å². The molecule has 2 N–H and O–H groups in total. The Morgan fingerprint density at radius 2 is 1.89 bits per heavy atom. The molecule has 1 fully saturated rings. The van der Waals surface area contributed by atoms with E-state index in [0.29, 0.717) is 6.54 Å². The van der Waals surface area contributed by atoms with Crippen molar-refractivity contribution in [3.8, 4) is 0 Å². The van der Waals surface area contributed by atoms with Gasteiger partial charge in [-0.2, -0.15) is 0 Å². The Balaban J connectivity index is 1.53. The molecule has 0 radical (unpaired) electrons. The smallest absolute Gasteiger partial charge is 0.235 e. The molecule has 0 unspecified atom stereocenters. The SMILES string of the molecule is O=C(CNS(=O)(=O)Cc1ccccc1F)NCC1(c2cccs2)CCCC1. The van der Waals surface area contributed by atoms with Crippen molar-refractivity contribution in [3.05, 3.63) is 58.0 Å². The lowest BCUT2D eigenvalue weighted by Crippen LogP contribution is -2.43. The fourth-order valence-electron chi connectivity index (χ4n) is 3.52. The molecule has 1 saturated carbocycles. The number of rotatable bonds is 8. The van der Waals surface area contributed by atoms with E-state index in [1.807, 2.05) is 11.4 Å². The minimum Gasteiger partial charge on any atom is -0.354 e. The number of halogens is 1. The van der Waals surface area contributed by atoms with Gasteiger partial charge in [0.25, 0.3) is 0 Å². The maximum Gasteiger partial charge on any atom is 0.235 e. The van der Waals surface area contributed by atoms with Gasteiger partial charge in [-0.15, -0.1) is 11.3 Å². The zero-order valence-electron chi connectivity index (χ0n) is 14.9. The number of hydrogen-bond donors (Lipinski definition) is 2. The van der Waals surface area contributed by atoms with Crippen LogP contribution in [-0.2, 0) is 26.0 Å². The van der Waals surface area contributed by atoms with Gasteiger partial charge < -0.3 is 5.32 Å². The van der Waals surface area contributed by atoms with Gasteiger partial charge in [-0.25, -0.2) is 17.5 Å². The Hall–Kier alpha value is -1.77. The molecule has 0 atom stereocenters. The van der Waals surface area contributed by atoms with E-state index < -0.39 is 21.6 Å². The molecular weight excluding hydrogens is 387 g/mol. The highest BCUT2D eigenvalue weighted by atomic mass is 32.2. The minimum absolute atomic E-state index is 0.0458. The third kappa shape index (κ3) is 5.15. The first-order valence-corrected chi connectivity index (χ1v) is 11.4.